The Morgan fingerprint density at radius 2 is 2.08 bits per heavy atom. The molecule has 2 aromatic heterocycles. The Morgan fingerprint density at radius 1 is 1.23 bits per heavy atom. The summed E-state index contributed by atoms with van der Waals surface area (Å²) in [6, 6.07) is 8.16. The van der Waals surface area contributed by atoms with Crippen LogP contribution in [0.5, 0.6) is 0 Å². The van der Waals surface area contributed by atoms with E-state index in [1.807, 2.05) is 25.1 Å². The first-order valence-electron chi connectivity index (χ1n) is 8.30. The Morgan fingerprint density at radius 3 is 2.81 bits per heavy atom. The number of fused-ring (bicyclic) bond motifs is 1. The zero-order valence-corrected chi connectivity index (χ0v) is 14.9. The van der Waals surface area contributed by atoms with Crippen molar-refractivity contribution in [3.63, 3.8) is 0 Å². The van der Waals surface area contributed by atoms with Gasteiger partial charge in [0, 0.05) is 45.5 Å². The van der Waals surface area contributed by atoms with Gasteiger partial charge in [0.2, 0.25) is 0 Å². The molecule has 3 heterocycles. The van der Waals surface area contributed by atoms with Crippen molar-refractivity contribution in [2.45, 2.75) is 13.3 Å². The molecule has 0 unspecified atom stereocenters. The van der Waals surface area contributed by atoms with E-state index in [-0.39, 0.29) is 5.56 Å². The Hall–Kier alpha value is -2.50. The molecule has 0 aliphatic carbocycles. The molecule has 132 valence electrons. The molecular formula is C20H16ClFN2O2. The second kappa shape index (κ2) is 6.67. The average molecular weight is 371 g/mol. The first-order valence-corrected chi connectivity index (χ1v) is 8.68. The van der Waals surface area contributed by atoms with Crippen LogP contribution in [0.25, 0.3) is 27.7 Å². The summed E-state index contributed by atoms with van der Waals surface area (Å²) in [6.07, 6.45) is 4.17. The number of aromatic nitrogens is 2. The molecule has 1 aliphatic rings. The Balaban J connectivity index is 2.07. The van der Waals surface area contributed by atoms with Crippen LogP contribution in [-0.2, 0) is 4.74 Å². The van der Waals surface area contributed by atoms with E-state index in [4.69, 9.17) is 16.3 Å². The lowest BCUT2D eigenvalue weighted by Crippen LogP contribution is -2.23. The van der Waals surface area contributed by atoms with E-state index in [1.54, 1.807) is 22.9 Å². The number of benzene rings is 1. The molecule has 26 heavy (non-hydrogen) atoms. The lowest BCUT2D eigenvalue weighted by molar-refractivity contribution is 0.159. The second-order valence-corrected chi connectivity index (χ2v) is 6.65. The molecule has 0 atom stereocenters. The zero-order chi connectivity index (χ0) is 18.3. The number of rotatable bonds is 2. The monoisotopic (exact) mass is 370 g/mol. The van der Waals surface area contributed by atoms with Crippen LogP contribution in [0.15, 0.2) is 47.4 Å². The minimum absolute atomic E-state index is 0.213. The molecule has 3 aromatic rings. The van der Waals surface area contributed by atoms with Crippen molar-refractivity contribution in [1.82, 2.24) is 9.55 Å². The maximum absolute atomic E-state index is 14.6. The number of pyridine rings is 2. The standard InChI is InChI=1S/C20H16ClFN2O2/c1-12-2-4-16-17(15-5-3-13(21)10-18(15)22)11-24(20(25)19(16)23-12)14-6-8-26-9-7-14/h2-6,10-11H,7-9H2,1H3. The van der Waals surface area contributed by atoms with E-state index in [1.165, 1.54) is 6.07 Å². The van der Waals surface area contributed by atoms with E-state index < -0.39 is 5.82 Å². The van der Waals surface area contributed by atoms with Crippen molar-refractivity contribution >= 4 is 28.2 Å². The van der Waals surface area contributed by atoms with Crippen molar-refractivity contribution in [3.8, 4) is 11.1 Å². The predicted octanol–water partition coefficient (Wildman–Crippen LogP) is 4.43. The minimum atomic E-state index is -0.439. The second-order valence-electron chi connectivity index (χ2n) is 6.21. The molecule has 6 heteroatoms. The molecular weight excluding hydrogens is 355 g/mol. The van der Waals surface area contributed by atoms with Crippen LogP contribution in [0, 0.1) is 12.7 Å². The molecule has 0 N–H and O–H groups in total. The highest BCUT2D eigenvalue weighted by Crippen LogP contribution is 2.31. The number of hydrogen-bond acceptors (Lipinski definition) is 3. The van der Waals surface area contributed by atoms with Gasteiger partial charge in [-0.25, -0.2) is 9.37 Å². The van der Waals surface area contributed by atoms with Crippen molar-refractivity contribution in [3.05, 3.63) is 69.5 Å². The maximum Gasteiger partial charge on any atom is 0.281 e. The van der Waals surface area contributed by atoms with E-state index in [0.717, 1.165) is 11.4 Å². The highest BCUT2D eigenvalue weighted by Gasteiger charge is 2.17. The number of hydrogen-bond donors (Lipinski definition) is 0. The lowest BCUT2D eigenvalue weighted by atomic mass is 10.0. The highest BCUT2D eigenvalue weighted by atomic mass is 35.5. The van der Waals surface area contributed by atoms with Gasteiger partial charge in [-0.2, -0.15) is 0 Å². The van der Waals surface area contributed by atoms with Crippen LogP contribution >= 0.6 is 11.6 Å². The summed E-state index contributed by atoms with van der Waals surface area (Å²) in [5, 5.41) is 0.940. The van der Waals surface area contributed by atoms with Crippen LogP contribution in [0.3, 0.4) is 0 Å². The number of nitrogens with zero attached hydrogens (tertiary/aromatic N) is 2. The fourth-order valence-corrected chi connectivity index (χ4v) is 3.34. The van der Waals surface area contributed by atoms with Gasteiger partial charge >= 0.3 is 0 Å². The Labute approximate surface area is 154 Å². The first kappa shape index (κ1) is 16.9. The fraction of sp³-hybridized carbons (Fsp3) is 0.200. The summed E-state index contributed by atoms with van der Waals surface area (Å²) in [5.41, 5.74) is 2.66. The van der Waals surface area contributed by atoms with E-state index in [0.29, 0.717) is 46.7 Å². The zero-order valence-electron chi connectivity index (χ0n) is 14.1. The van der Waals surface area contributed by atoms with Crippen LogP contribution < -0.4 is 5.56 Å². The molecule has 0 saturated heterocycles. The van der Waals surface area contributed by atoms with E-state index in [2.05, 4.69) is 4.98 Å². The van der Waals surface area contributed by atoms with Gasteiger partial charge in [0.1, 0.15) is 11.3 Å². The maximum atomic E-state index is 14.6. The molecule has 4 rings (SSSR count). The Bertz CT molecular complexity index is 1100. The molecule has 0 spiro atoms. The third-order valence-electron chi connectivity index (χ3n) is 4.47. The molecule has 0 radical (unpaired) electrons. The molecule has 1 aromatic carbocycles. The van der Waals surface area contributed by atoms with Crippen LogP contribution in [0.1, 0.15) is 12.1 Å². The van der Waals surface area contributed by atoms with E-state index >= 15 is 0 Å². The van der Waals surface area contributed by atoms with E-state index in [9.17, 15) is 9.18 Å². The largest absolute Gasteiger partial charge is 0.377 e. The quantitative estimate of drug-likeness (QED) is 0.670. The molecule has 0 amide bonds. The number of ether oxygens (including phenoxy) is 1. The van der Waals surface area contributed by atoms with Gasteiger partial charge in [0.15, 0.2) is 0 Å². The first-order chi connectivity index (χ1) is 12.5. The van der Waals surface area contributed by atoms with Gasteiger partial charge in [-0.1, -0.05) is 17.7 Å². The topological polar surface area (TPSA) is 44.1 Å². The summed E-state index contributed by atoms with van der Waals surface area (Å²) >= 11 is 5.89. The summed E-state index contributed by atoms with van der Waals surface area (Å²) in [4.78, 5) is 17.4. The van der Waals surface area contributed by atoms with Gasteiger partial charge in [-0.3, -0.25) is 9.36 Å². The molecule has 0 bridgehead atoms. The van der Waals surface area contributed by atoms with Crippen molar-refractivity contribution in [2.24, 2.45) is 0 Å². The van der Waals surface area contributed by atoms with Gasteiger partial charge in [-0.15, -0.1) is 0 Å². The summed E-state index contributed by atoms with van der Waals surface area (Å²) in [7, 11) is 0. The lowest BCUT2D eigenvalue weighted by Gasteiger charge is -2.18. The molecule has 0 fully saturated rings. The normalized spacial score (nSPS) is 14.5. The molecule has 0 saturated carbocycles. The van der Waals surface area contributed by atoms with Crippen molar-refractivity contribution in [1.29, 1.82) is 0 Å². The van der Waals surface area contributed by atoms with Crippen LogP contribution in [0.4, 0.5) is 4.39 Å². The Kier molecular flexibility index (Phi) is 4.34. The van der Waals surface area contributed by atoms with Crippen LogP contribution in [-0.4, -0.2) is 22.8 Å². The number of aryl methyl sites for hydroxylation is 1. The summed E-state index contributed by atoms with van der Waals surface area (Å²) in [6.45, 7) is 2.82. The van der Waals surface area contributed by atoms with Crippen LogP contribution in [0.2, 0.25) is 5.02 Å². The van der Waals surface area contributed by atoms with Crippen molar-refractivity contribution in [2.75, 3.05) is 13.2 Å². The third kappa shape index (κ3) is 2.93. The number of halogens is 2. The van der Waals surface area contributed by atoms with Gasteiger partial charge in [0.25, 0.3) is 5.56 Å². The summed E-state index contributed by atoms with van der Waals surface area (Å²) in [5.74, 6) is -0.439. The van der Waals surface area contributed by atoms with Crippen molar-refractivity contribution < 1.29 is 9.13 Å². The smallest absolute Gasteiger partial charge is 0.281 e. The molecule has 1 aliphatic heterocycles. The fourth-order valence-electron chi connectivity index (χ4n) is 3.18. The van der Waals surface area contributed by atoms with Gasteiger partial charge in [-0.05, 0) is 37.3 Å². The predicted molar refractivity (Wildman–Crippen MR) is 101 cm³/mol. The molecule has 4 nitrogen and oxygen atoms in total. The third-order valence-corrected chi connectivity index (χ3v) is 4.71. The average Bonchev–Trinajstić information content (AvgIpc) is 2.64. The summed E-state index contributed by atoms with van der Waals surface area (Å²) < 4.78 is 21.5. The minimum Gasteiger partial charge on any atom is -0.377 e. The van der Waals surface area contributed by atoms with Gasteiger partial charge in [0.05, 0.1) is 13.2 Å². The highest BCUT2D eigenvalue weighted by molar-refractivity contribution is 6.30. The van der Waals surface area contributed by atoms with Gasteiger partial charge < -0.3 is 4.74 Å². The SMILES string of the molecule is Cc1ccc2c(-c3ccc(Cl)cc3F)cn(C3=CCOCC3)c(=O)c2n1.